The second kappa shape index (κ2) is 5.86. The summed E-state index contributed by atoms with van der Waals surface area (Å²) in [6, 6.07) is 0. The number of nitrogens with zero attached hydrogens (tertiary/aromatic N) is 1. The normalized spacial score (nSPS) is 50.4. The maximum absolute atomic E-state index is 11.1. The highest BCUT2D eigenvalue weighted by molar-refractivity contribution is 5.96. The minimum absolute atomic E-state index is 0.184. The van der Waals surface area contributed by atoms with E-state index >= 15 is 0 Å². The fourth-order valence-corrected chi connectivity index (χ4v) is 7.05. The summed E-state index contributed by atoms with van der Waals surface area (Å²) in [6.45, 7) is 2.16. The molecule has 4 heteroatoms. The molecule has 0 saturated heterocycles. The molecule has 4 rings (SSSR count). The molecule has 3 fully saturated rings. The van der Waals surface area contributed by atoms with Crippen LogP contribution in [0.15, 0.2) is 16.8 Å². The first-order valence-electron chi connectivity index (χ1n) is 9.80. The predicted octanol–water partition coefficient (Wildman–Crippen LogP) is 3.11. The molecule has 0 heterocycles. The first-order chi connectivity index (χ1) is 12.0. The zero-order chi connectivity index (χ0) is 17.8. The van der Waals surface area contributed by atoms with E-state index in [0.29, 0.717) is 35.8 Å². The number of oxime groups is 1. The molecule has 4 aliphatic rings. The average molecular weight is 343 g/mol. The number of terminal acetylenes is 1. The van der Waals surface area contributed by atoms with Gasteiger partial charge >= 0.3 is 0 Å². The van der Waals surface area contributed by atoms with Gasteiger partial charge in [-0.2, -0.15) is 0 Å². The third-order valence-electron chi connectivity index (χ3n) is 8.21. The minimum Gasteiger partial charge on any atom is -0.411 e. The summed E-state index contributed by atoms with van der Waals surface area (Å²) in [6.07, 6.45) is 14.3. The summed E-state index contributed by atoms with van der Waals surface area (Å²) in [5.41, 5.74) is 0.581. The largest absolute Gasteiger partial charge is 0.411 e. The Morgan fingerprint density at radius 2 is 2.08 bits per heavy atom. The number of aliphatic hydroxyl groups is 2. The Morgan fingerprint density at radius 3 is 2.76 bits per heavy atom. The molecule has 0 aromatic carbocycles. The second-order valence-corrected chi connectivity index (χ2v) is 8.66. The first kappa shape index (κ1) is 17.1. The van der Waals surface area contributed by atoms with E-state index < -0.39 is 11.7 Å². The smallest absolute Gasteiger partial charge is 0.131 e. The van der Waals surface area contributed by atoms with Crippen molar-refractivity contribution in [3.8, 4) is 12.3 Å². The Hall–Kier alpha value is -1.31. The summed E-state index contributed by atoms with van der Waals surface area (Å²) in [5.74, 6) is 4.52. The molecule has 3 N–H and O–H groups in total. The minimum atomic E-state index is -0.984. The van der Waals surface area contributed by atoms with Gasteiger partial charge in [0.2, 0.25) is 0 Å². The third-order valence-corrected chi connectivity index (χ3v) is 8.21. The zero-order valence-corrected chi connectivity index (χ0v) is 15.0. The van der Waals surface area contributed by atoms with Crippen LogP contribution in [-0.4, -0.2) is 32.8 Å². The van der Waals surface area contributed by atoms with Crippen LogP contribution in [0.5, 0.6) is 0 Å². The molecule has 4 aliphatic carbocycles. The van der Waals surface area contributed by atoms with Crippen LogP contribution in [0.4, 0.5) is 0 Å². The van der Waals surface area contributed by atoms with Gasteiger partial charge in [-0.1, -0.05) is 18.0 Å². The van der Waals surface area contributed by atoms with Crippen LogP contribution in [0.25, 0.3) is 0 Å². The molecule has 0 aromatic heterocycles. The van der Waals surface area contributed by atoms with E-state index in [1.54, 1.807) is 0 Å². The van der Waals surface area contributed by atoms with Gasteiger partial charge in [-0.15, -0.1) is 6.42 Å². The highest BCUT2D eigenvalue weighted by Crippen LogP contribution is 2.66. The van der Waals surface area contributed by atoms with Crippen molar-refractivity contribution in [1.82, 2.24) is 0 Å². The fraction of sp³-hybridized carbons (Fsp3) is 0.762. The molecule has 136 valence electrons. The predicted molar refractivity (Wildman–Crippen MR) is 96.1 cm³/mol. The summed E-state index contributed by atoms with van der Waals surface area (Å²) >= 11 is 0. The van der Waals surface area contributed by atoms with Crippen molar-refractivity contribution in [2.75, 3.05) is 0 Å². The van der Waals surface area contributed by atoms with Gasteiger partial charge in [0.15, 0.2) is 0 Å². The molecule has 7 atom stereocenters. The zero-order valence-electron chi connectivity index (χ0n) is 15.0. The molecule has 0 bridgehead atoms. The summed E-state index contributed by atoms with van der Waals surface area (Å²) < 4.78 is 0. The quantitative estimate of drug-likeness (QED) is 0.389. The number of rotatable bonds is 1. The highest BCUT2D eigenvalue weighted by atomic mass is 16.4. The van der Waals surface area contributed by atoms with Gasteiger partial charge in [-0.25, -0.2) is 0 Å². The lowest BCUT2D eigenvalue weighted by Gasteiger charge is -2.56. The molecule has 2 unspecified atom stereocenters. The molecular weight excluding hydrogens is 314 g/mol. The maximum Gasteiger partial charge on any atom is 0.131 e. The molecule has 0 amide bonds. The van der Waals surface area contributed by atoms with E-state index in [4.69, 9.17) is 11.6 Å². The monoisotopic (exact) mass is 343 g/mol. The van der Waals surface area contributed by atoms with Crippen molar-refractivity contribution in [1.29, 1.82) is 0 Å². The Kier molecular flexibility index (Phi) is 4.01. The molecule has 0 spiro atoms. The molecule has 4 nitrogen and oxygen atoms in total. The van der Waals surface area contributed by atoms with E-state index in [2.05, 4.69) is 18.0 Å². The van der Waals surface area contributed by atoms with E-state index in [1.165, 1.54) is 0 Å². The molecular formula is C21H29NO3. The molecule has 3 saturated carbocycles. The summed E-state index contributed by atoms with van der Waals surface area (Å²) in [4.78, 5) is 0. The van der Waals surface area contributed by atoms with E-state index in [9.17, 15) is 10.2 Å². The van der Waals surface area contributed by atoms with Crippen LogP contribution in [0, 0.1) is 41.4 Å². The number of aliphatic hydroxyl groups excluding tert-OH is 1. The van der Waals surface area contributed by atoms with Gasteiger partial charge in [0.1, 0.15) is 5.60 Å². The number of hydrogen-bond acceptors (Lipinski definition) is 4. The summed E-state index contributed by atoms with van der Waals surface area (Å²) in [5, 5.41) is 34.4. The lowest BCUT2D eigenvalue weighted by Crippen LogP contribution is -2.55. The van der Waals surface area contributed by atoms with Crippen molar-refractivity contribution in [2.45, 2.75) is 70.0 Å². The standard InChI is InChI=1S/C21H29NO3/c1-3-20-9-7-15-14-6-5-13(22-25)11-17(14)19(23)12-16(15)18(20)8-10-21(20,24)4-2/h2,11,14-16,18-19,23-25H,3,5-10,12H2,1H3/b22-13+/t14?,15-,16?,18+,19-,20+,21+/m1/s1. The van der Waals surface area contributed by atoms with Gasteiger partial charge in [0.05, 0.1) is 11.8 Å². The van der Waals surface area contributed by atoms with Crippen LogP contribution in [0.3, 0.4) is 0 Å². The Balaban J connectivity index is 1.69. The van der Waals surface area contributed by atoms with Gasteiger partial charge in [0.25, 0.3) is 0 Å². The number of allylic oxidation sites excluding steroid dienone is 1. The van der Waals surface area contributed by atoms with E-state index in [1.807, 2.05) is 6.08 Å². The highest BCUT2D eigenvalue weighted by Gasteiger charge is 2.63. The Bertz CT molecular complexity index is 663. The van der Waals surface area contributed by atoms with Crippen molar-refractivity contribution < 1.29 is 15.4 Å². The van der Waals surface area contributed by atoms with Crippen molar-refractivity contribution in [2.24, 2.45) is 34.2 Å². The van der Waals surface area contributed by atoms with Gasteiger partial charge in [-0.3, -0.25) is 0 Å². The van der Waals surface area contributed by atoms with E-state index in [0.717, 1.165) is 50.5 Å². The second-order valence-electron chi connectivity index (χ2n) is 8.66. The lowest BCUT2D eigenvalue weighted by molar-refractivity contribution is -0.108. The first-order valence-corrected chi connectivity index (χ1v) is 9.80. The fourth-order valence-electron chi connectivity index (χ4n) is 7.05. The van der Waals surface area contributed by atoms with E-state index in [-0.39, 0.29) is 5.41 Å². The molecule has 0 aromatic rings. The molecule has 0 aliphatic heterocycles. The topological polar surface area (TPSA) is 73.0 Å². The average Bonchev–Trinajstić information content (AvgIpc) is 2.95. The van der Waals surface area contributed by atoms with Gasteiger partial charge < -0.3 is 15.4 Å². The van der Waals surface area contributed by atoms with Gasteiger partial charge in [0, 0.05) is 5.41 Å². The van der Waals surface area contributed by atoms with Gasteiger partial charge in [-0.05, 0) is 86.7 Å². The van der Waals surface area contributed by atoms with Crippen molar-refractivity contribution in [3.05, 3.63) is 11.6 Å². The molecule has 0 radical (unpaired) electrons. The Morgan fingerprint density at radius 1 is 1.28 bits per heavy atom. The van der Waals surface area contributed by atoms with Crippen molar-refractivity contribution >= 4 is 5.71 Å². The third kappa shape index (κ3) is 2.18. The Labute approximate surface area is 150 Å². The number of fused-ring (bicyclic) bond motifs is 5. The summed E-state index contributed by atoms with van der Waals surface area (Å²) in [7, 11) is 0. The van der Waals surface area contributed by atoms with Crippen LogP contribution >= 0.6 is 0 Å². The van der Waals surface area contributed by atoms with Crippen LogP contribution in [0.1, 0.15) is 58.3 Å². The van der Waals surface area contributed by atoms with Crippen LogP contribution in [-0.2, 0) is 0 Å². The van der Waals surface area contributed by atoms with Crippen molar-refractivity contribution in [3.63, 3.8) is 0 Å². The van der Waals surface area contributed by atoms with Crippen LogP contribution < -0.4 is 0 Å². The lowest BCUT2D eigenvalue weighted by atomic mass is 9.49. The van der Waals surface area contributed by atoms with Crippen LogP contribution in [0.2, 0.25) is 0 Å². The molecule has 25 heavy (non-hydrogen) atoms. The SMILES string of the molecule is C#C[C@]1(O)CC[C@H]2C3C[C@@H](O)C4=C/C(=N/O)CCC4[C@H]3CC[C@@]21CC. The number of hydrogen-bond donors (Lipinski definition) is 3. The maximum atomic E-state index is 11.1.